The molecule has 7 heteroatoms. The van der Waals surface area contributed by atoms with E-state index >= 15 is 0 Å². The molecule has 28 heavy (non-hydrogen) atoms. The van der Waals surface area contributed by atoms with Crippen molar-refractivity contribution in [1.82, 2.24) is 15.3 Å². The third kappa shape index (κ3) is 5.14. The van der Waals surface area contributed by atoms with Gasteiger partial charge in [0.25, 0.3) is 5.91 Å². The lowest BCUT2D eigenvalue weighted by molar-refractivity contribution is -0.114. The summed E-state index contributed by atoms with van der Waals surface area (Å²) in [7, 11) is 0. The summed E-state index contributed by atoms with van der Waals surface area (Å²) in [6, 6.07) is 18.4. The van der Waals surface area contributed by atoms with Gasteiger partial charge >= 0.3 is 0 Å². The van der Waals surface area contributed by atoms with Crippen molar-refractivity contribution in [3.05, 3.63) is 78.2 Å². The lowest BCUT2D eigenvalue weighted by atomic mass is 10.1. The third-order valence-electron chi connectivity index (χ3n) is 4.00. The molecule has 0 aliphatic carbocycles. The van der Waals surface area contributed by atoms with Crippen LogP contribution in [0.5, 0.6) is 0 Å². The summed E-state index contributed by atoms with van der Waals surface area (Å²) < 4.78 is 0. The molecule has 0 fully saturated rings. The molecular formula is C21H21N5O2. The maximum atomic E-state index is 12.5. The molecular weight excluding hydrogens is 354 g/mol. The van der Waals surface area contributed by atoms with Gasteiger partial charge in [0.2, 0.25) is 5.91 Å². The topological polar surface area (TPSA) is 96.0 Å². The van der Waals surface area contributed by atoms with Crippen molar-refractivity contribution in [3.63, 3.8) is 0 Å². The summed E-state index contributed by atoms with van der Waals surface area (Å²) in [5, 5.41) is 8.77. The van der Waals surface area contributed by atoms with Gasteiger partial charge in [-0.2, -0.15) is 0 Å². The van der Waals surface area contributed by atoms with Crippen LogP contribution >= 0.6 is 0 Å². The first-order valence-electron chi connectivity index (χ1n) is 8.84. The van der Waals surface area contributed by atoms with Gasteiger partial charge in [-0.1, -0.05) is 36.4 Å². The molecule has 3 N–H and O–H groups in total. The molecule has 1 aromatic heterocycles. The Hall–Kier alpha value is -3.74. The van der Waals surface area contributed by atoms with Crippen molar-refractivity contribution in [2.45, 2.75) is 19.9 Å². The smallest absolute Gasteiger partial charge is 0.270 e. The molecule has 1 atom stereocenters. The minimum atomic E-state index is -0.284. The van der Waals surface area contributed by atoms with Crippen LogP contribution in [0.15, 0.2) is 67.0 Å². The number of anilines is 3. The quantitative estimate of drug-likeness (QED) is 0.611. The highest BCUT2D eigenvalue weighted by atomic mass is 16.2. The third-order valence-corrected chi connectivity index (χ3v) is 4.00. The van der Waals surface area contributed by atoms with Crippen LogP contribution in [-0.4, -0.2) is 21.8 Å². The van der Waals surface area contributed by atoms with Crippen LogP contribution < -0.4 is 16.0 Å². The van der Waals surface area contributed by atoms with Gasteiger partial charge in [-0.15, -0.1) is 0 Å². The molecule has 2 aromatic carbocycles. The first-order valence-corrected chi connectivity index (χ1v) is 8.84. The zero-order chi connectivity index (χ0) is 19.9. The first kappa shape index (κ1) is 19.0. The lowest BCUT2D eigenvalue weighted by Gasteiger charge is -2.14. The van der Waals surface area contributed by atoms with Gasteiger partial charge in [-0.3, -0.25) is 9.59 Å². The highest BCUT2D eigenvalue weighted by Gasteiger charge is 2.13. The molecule has 2 amide bonds. The largest absolute Gasteiger partial charge is 0.344 e. The molecule has 1 unspecified atom stereocenters. The van der Waals surface area contributed by atoms with Gasteiger partial charge in [-0.25, -0.2) is 9.97 Å². The van der Waals surface area contributed by atoms with Crippen LogP contribution in [0.1, 0.15) is 35.9 Å². The molecule has 0 saturated heterocycles. The van der Waals surface area contributed by atoms with Crippen LogP contribution in [0, 0.1) is 0 Å². The normalized spacial score (nSPS) is 11.4. The molecule has 0 aliphatic heterocycles. The summed E-state index contributed by atoms with van der Waals surface area (Å²) in [6.07, 6.45) is 1.34. The number of benzene rings is 2. The Morgan fingerprint density at radius 2 is 1.68 bits per heavy atom. The summed E-state index contributed by atoms with van der Waals surface area (Å²) in [6.45, 7) is 3.37. The fourth-order valence-corrected chi connectivity index (χ4v) is 2.67. The number of amides is 2. The van der Waals surface area contributed by atoms with Gasteiger partial charge in [-0.05, 0) is 30.7 Å². The van der Waals surface area contributed by atoms with Crippen LogP contribution in [0.2, 0.25) is 0 Å². The van der Waals surface area contributed by atoms with E-state index in [2.05, 4.69) is 25.9 Å². The molecule has 3 rings (SSSR count). The number of rotatable bonds is 6. The fourth-order valence-electron chi connectivity index (χ4n) is 2.67. The molecule has 0 spiro atoms. The van der Waals surface area contributed by atoms with E-state index < -0.39 is 0 Å². The molecule has 0 aliphatic rings. The number of carbonyl (C=O) groups excluding carboxylic acids is 2. The zero-order valence-corrected chi connectivity index (χ0v) is 15.6. The maximum Gasteiger partial charge on any atom is 0.270 e. The van der Waals surface area contributed by atoms with Crippen molar-refractivity contribution in [1.29, 1.82) is 0 Å². The molecule has 0 radical (unpaired) electrons. The number of hydrogen-bond donors (Lipinski definition) is 3. The summed E-state index contributed by atoms with van der Waals surface area (Å²) in [5.41, 5.74) is 2.67. The van der Waals surface area contributed by atoms with E-state index in [9.17, 15) is 9.59 Å². The Kier molecular flexibility index (Phi) is 5.96. The minimum absolute atomic E-state index is 0.144. The van der Waals surface area contributed by atoms with E-state index in [1.54, 1.807) is 18.2 Å². The Balaban J connectivity index is 1.70. The maximum absolute atomic E-state index is 12.5. The van der Waals surface area contributed by atoms with E-state index in [1.165, 1.54) is 13.3 Å². The van der Waals surface area contributed by atoms with Gasteiger partial charge < -0.3 is 16.0 Å². The average Bonchev–Trinajstić information content (AvgIpc) is 2.68. The van der Waals surface area contributed by atoms with E-state index in [0.717, 1.165) is 11.3 Å². The lowest BCUT2D eigenvalue weighted by Crippen LogP contribution is -2.27. The molecule has 142 valence electrons. The second-order valence-corrected chi connectivity index (χ2v) is 6.28. The van der Waals surface area contributed by atoms with Crippen LogP contribution in [0.3, 0.4) is 0 Å². The van der Waals surface area contributed by atoms with Crippen molar-refractivity contribution in [3.8, 4) is 0 Å². The number of hydrogen-bond acceptors (Lipinski definition) is 5. The Morgan fingerprint density at radius 1 is 0.929 bits per heavy atom. The molecule has 1 heterocycles. The van der Waals surface area contributed by atoms with E-state index in [1.807, 2.05) is 49.4 Å². The Morgan fingerprint density at radius 3 is 2.43 bits per heavy atom. The fraction of sp³-hybridized carbons (Fsp3) is 0.143. The van der Waals surface area contributed by atoms with Crippen molar-refractivity contribution in [2.24, 2.45) is 0 Å². The second-order valence-electron chi connectivity index (χ2n) is 6.28. The van der Waals surface area contributed by atoms with Gasteiger partial charge in [0.05, 0.1) is 6.04 Å². The number of nitrogens with zero attached hydrogens (tertiary/aromatic N) is 2. The average molecular weight is 375 g/mol. The van der Waals surface area contributed by atoms with Crippen molar-refractivity contribution >= 4 is 29.0 Å². The van der Waals surface area contributed by atoms with Crippen molar-refractivity contribution in [2.75, 3.05) is 10.6 Å². The van der Waals surface area contributed by atoms with Gasteiger partial charge in [0, 0.05) is 24.4 Å². The zero-order valence-electron chi connectivity index (χ0n) is 15.6. The van der Waals surface area contributed by atoms with Gasteiger partial charge in [0.15, 0.2) is 0 Å². The van der Waals surface area contributed by atoms with Crippen molar-refractivity contribution < 1.29 is 9.59 Å². The van der Waals surface area contributed by atoms with Crippen LogP contribution in [0.4, 0.5) is 17.2 Å². The number of aromatic nitrogens is 2. The van der Waals surface area contributed by atoms with E-state index in [-0.39, 0.29) is 23.6 Å². The summed E-state index contributed by atoms with van der Waals surface area (Å²) >= 11 is 0. The predicted octanol–water partition coefficient (Wildman–Crippen LogP) is 3.67. The highest BCUT2D eigenvalue weighted by Crippen LogP contribution is 2.19. The summed E-state index contributed by atoms with van der Waals surface area (Å²) in [5.74, 6) is 0.0481. The molecule has 0 bridgehead atoms. The molecule has 0 saturated carbocycles. The Labute approximate surface area is 163 Å². The van der Waals surface area contributed by atoms with E-state index in [4.69, 9.17) is 0 Å². The summed E-state index contributed by atoms with van der Waals surface area (Å²) in [4.78, 5) is 31.9. The predicted molar refractivity (Wildman–Crippen MR) is 108 cm³/mol. The molecule has 7 nitrogen and oxygen atoms in total. The number of nitrogens with one attached hydrogen (secondary N) is 3. The molecule has 3 aromatic rings. The van der Waals surface area contributed by atoms with E-state index in [0.29, 0.717) is 11.5 Å². The van der Waals surface area contributed by atoms with Crippen LogP contribution in [-0.2, 0) is 4.79 Å². The van der Waals surface area contributed by atoms with Crippen LogP contribution in [0.25, 0.3) is 0 Å². The second kappa shape index (κ2) is 8.77. The highest BCUT2D eigenvalue weighted by molar-refractivity contribution is 5.93. The SMILES string of the molecule is CC(=O)Nc1cccc(Nc2cc(C(=O)NC(C)c3ccccc3)ncn2)c1. The monoisotopic (exact) mass is 375 g/mol. The Bertz CT molecular complexity index is 975. The number of carbonyl (C=O) groups is 2. The minimum Gasteiger partial charge on any atom is -0.344 e. The van der Waals surface area contributed by atoms with Gasteiger partial charge in [0.1, 0.15) is 17.8 Å². The first-order chi connectivity index (χ1) is 13.5. The standard InChI is InChI=1S/C21H21N5O2/c1-14(16-7-4-3-5-8-16)24-21(28)19-12-20(23-13-22-19)26-18-10-6-9-17(11-18)25-15(2)27/h3-14H,1-2H3,(H,24,28)(H,25,27)(H,22,23,26).